The van der Waals surface area contributed by atoms with Gasteiger partial charge in [-0.2, -0.15) is 0 Å². The molecule has 0 radical (unpaired) electrons. The lowest BCUT2D eigenvalue weighted by Gasteiger charge is -2.13. The van der Waals surface area contributed by atoms with Crippen LogP contribution in [-0.4, -0.2) is 21.8 Å². The maximum absolute atomic E-state index is 12.6. The number of nitrogens with zero attached hydrogens (tertiary/aromatic N) is 2. The summed E-state index contributed by atoms with van der Waals surface area (Å²) in [5, 5.41) is 10.5. The van der Waals surface area contributed by atoms with Crippen molar-refractivity contribution in [2.24, 2.45) is 0 Å². The van der Waals surface area contributed by atoms with E-state index in [1.807, 2.05) is 30.3 Å². The molecule has 0 saturated heterocycles. The van der Waals surface area contributed by atoms with Crippen molar-refractivity contribution in [3.63, 3.8) is 0 Å². The minimum absolute atomic E-state index is 0.163. The highest BCUT2D eigenvalue weighted by atomic mass is 16.5. The summed E-state index contributed by atoms with van der Waals surface area (Å²) in [6.45, 7) is 0.863. The molecule has 1 unspecified atom stereocenters. The van der Waals surface area contributed by atoms with Gasteiger partial charge >= 0.3 is 0 Å². The average molecular weight is 338 g/mol. The van der Waals surface area contributed by atoms with Crippen LogP contribution in [0, 0.1) is 0 Å². The predicted octanol–water partition coefficient (Wildman–Crippen LogP) is 2.42. The number of methoxy groups -OCH3 is 1. The molecule has 1 aromatic heterocycles. The van der Waals surface area contributed by atoms with Crippen molar-refractivity contribution >= 4 is 10.9 Å². The molecule has 6 heteroatoms. The zero-order valence-corrected chi connectivity index (χ0v) is 13.8. The minimum atomic E-state index is -0.701. The van der Waals surface area contributed by atoms with E-state index in [2.05, 4.69) is 4.98 Å². The molecule has 0 spiro atoms. The molecule has 3 aromatic rings. The van der Waals surface area contributed by atoms with Crippen LogP contribution in [0.4, 0.5) is 0 Å². The fraction of sp³-hybridized carbons (Fsp3) is 0.263. The van der Waals surface area contributed by atoms with E-state index in [9.17, 15) is 9.90 Å². The third-order valence-corrected chi connectivity index (χ3v) is 4.43. The van der Waals surface area contributed by atoms with Gasteiger partial charge in [-0.3, -0.25) is 9.36 Å². The highest BCUT2D eigenvalue weighted by Gasteiger charge is 2.25. The van der Waals surface area contributed by atoms with Gasteiger partial charge < -0.3 is 14.6 Å². The van der Waals surface area contributed by atoms with Crippen molar-refractivity contribution in [2.75, 3.05) is 7.11 Å². The topological polar surface area (TPSA) is 73.6 Å². The lowest BCUT2D eigenvalue weighted by Crippen LogP contribution is -2.21. The second-order valence-corrected chi connectivity index (χ2v) is 6.03. The number of fused-ring (bicyclic) bond motifs is 2. The van der Waals surface area contributed by atoms with Gasteiger partial charge in [0.15, 0.2) is 11.5 Å². The van der Waals surface area contributed by atoms with E-state index in [0.29, 0.717) is 47.8 Å². The molecule has 0 bridgehead atoms. The van der Waals surface area contributed by atoms with Gasteiger partial charge in [0.05, 0.1) is 18.0 Å². The molecular weight excluding hydrogens is 320 g/mol. The van der Waals surface area contributed by atoms with E-state index < -0.39 is 6.10 Å². The minimum Gasteiger partial charge on any atom is -0.493 e. The number of rotatable bonds is 4. The summed E-state index contributed by atoms with van der Waals surface area (Å²) in [4.78, 5) is 17.1. The molecule has 1 N–H and O–H groups in total. The van der Waals surface area contributed by atoms with Gasteiger partial charge in [-0.15, -0.1) is 0 Å². The van der Waals surface area contributed by atoms with E-state index in [0.717, 1.165) is 5.56 Å². The van der Waals surface area contributed by atoms with Crippen LogP contribution in [0.2, 0.25) is 0 Å². The summed E-state index contributed by atoms with van der Waals surface area (Å²) in [5.74, 6) is 1.42. The van der Waals surface area contributed by atoms with E-state index >= 15 is 0 Å². The Morgan fingerprint density at radius 3 is 2.80 bits per heavy atom. The normalized spacial score (nSPS) is 16.0. The number of aliphatic hydroxyl groups is 1. The molecule has 0 amide bonds. The van der Waals surface area contributed by atoms with Gasteiger partial charge in [0.25, 0.3) is 5.56 Å². The van der Waals surface area contributed by atoms with Crippen molar-refractivity contribution in [3.8, 4) is 11.5 Å². The molecule has 2 heterocycles. The molecule has 0 fully saturated rings. The van der Waals surface area contributed by atoms with Gasteiger partial charge in [0, 0.05) is 12.6 Å². The molecule has 1 aliphatic heterocycles. The number of hydrogen-bond donors (Lipinski definition) is 1. The molecule has 128 valence electrons. The third-order valence-electron chi connectivity index (χ3n) is 4.43. The van der Waals surface area contributed by atoms with Crippen molar-refractivity contribution in [3.05, 3.63) is 64.2 Å². The summed E-state index contributed by atoms with van der Waals surface area (Å²) >= 11 is 0. The second-order valence-electron chi connectivity index (χ2n) is 6.03. The lowest BCUT2D eigenvalue weighted by atomic mass is 10.2. The standard InChI is InChI=1S/C19H18N2O4/c1-24-16-9-13-14(20-18-15(22)7-8-21(18)19(13)23)10-17(16)25-11-12-5-3-2-4-6-12/h2-6,9-10,15,22H,7-8,11H2,1H3. The Kier molecular flexibility index (Phi) is 3.89. The van der Waals surface area contributed by atoms with E-state index in [4.69, 9.17) is 9.47 Å². The highest BCUT2D eigenvalue weighted by Crippen LogP contribution is 2.32. The molecule has 1 atom stereocenters. The molecule has 1 aliphatic rings. The zero-order chi connectivity index (χ0) is 17.4. The van der Waals surface area contributed by atoms with Gasteiger partial charge in [0.2, 0.25) is 0 Å². The summed E-state index contributed by atoms with van der Waals surface area (Å²) in [7, 11) is 1.54. The Morgan fingerprint density at radius 1 is 1.24 bits per heavy atom. The highest BCUT2D eigenvalue weighted by molar-refractivity contribution is 5.82. The summed E-state index contributed by atoms with van der Waals surface area (Å²) in [6.07, 6.45) is -0.194. The van der Waals surface area contributed by atoms with Gasteiger partial charge in [-0.1, -0.05) is 30.3 Å². The smallest absolute Gasteiger partial charge is 0.261 e. The fourth-order valence-electron chi connectivity index (χ4n) is 3.10. The number of hydrogen-bond acceptors (Lipinski definition) is 5. The molecule has 2 aromatic carbocycles. The zero-order valence-electron chi connectivity index (χ0n) is 13.8. The van der Waals surface area contributed by atoms with Gasteiger partial charge in [0.1, 0.15) is 18.5 Å². The summed E-state index contributed by atoms with van der Waals surface area (Å²) in [6, 6.07) is 13.1. The van der Waals surface area contributed by atoms with Crippen molar-refractivity contribution in [2.45, 2.75) is 25.7 Å². The van der Waals surface area contributed by atoms with Crippen LogP contribution in [-0.2, 0) is 13.2 Å². The SMILES string of the molecule is COc1cc2c(=O)n3c(nc2cc1OCc1ccccc1)C(O)CC3. The molecule has 0 aliphatic carbocycles. The predicted molar refractivity (Wildman–Crippen MR) is 92.9 cm³/mol. The Labute approximate surface area is 144 Å². The maximum atomic E-state index is 12.6. The molecule has 4 rings (SSSR count). The number of aliphatic hydroxyl groups excluding tert-OH is 1. The Bertz CT molecular complexity index is 982. The molecule has 0 saturated carbocycles. The average Bonchev–Trinajstić information content (AvgIpc) is 3.01. The van der Waals surface area contributed by atoms with E-state index in [-0.39, 0.29) is 5.56 Å². The first-order valence-electron chi connectivity index (χ1n) is 8.14. The van der Waals surface area contributed by atoms with Crippen LogP contribution < -0.4 is 15.0 Å². The number of benzene rings is 2. The quantitative estimate of drug-likeness (QED) is 0.791. The number of aromatic nitrogens is 2. The fourth-order valence-corrected chi connectivity index (χ4v) is 3.10. The van der Waals surface area contributed by atoms with Crippen LogP contribution in [0.5, 0.6) is 11.5 Å². The van der Waals surface area contributed by atoms with Gasteiger partial charge in [-0.05, 0) is 18.1 Å². The molecule has 25 heavy (non-hydrogen) atoms. The maximum Gasteiger partial charge on any atom is 0.261 e. The first kappa shape index (κ1) is 15.7. The lowest BCUT2D eigenvalue weighted by molar-refractivity contribution is 0.176. The summed E-state index contributed by atoms with van der Waals surface area (Å²) < 4.78 is 12.8. The van der Waals surface area contributed by atoms with Crippen LogP contribution in [0.1, 0.15) is 23.9 Å². The Balaban J connectivity index is 1.77. The summed E-state index contributed by atoms with van der Waals surface area (Å²) in [5.41, 5.74) is 1.37. The molecular formula is C19H18N2O4. The van der Waals surface area contributed by atoms with E-state index in [1.54, 1.807) is 19.2 Å². The first-order chi connectivity index (χ1) is 12.2. The van der Waals surface area contributed by atoms with Crippen LogP contribution in [0.25, 0.3) is 10.9 Å². The third kappa shape index (κ3) is 2.74. The Hall–Kier alpha value is -2.86. The van der Waals surface area contributed by atoms with Crippen LogP contribution in [0.15, 0.2) is 47.3 Å². The first-order valence-corrected chi connectivity index (χ1v) is 8.14. The van der Waals surface area contributed by atoms with Crippen LogP contribution in [0.3, 0.4) is 0 Å². The molecule has 6 nitrogen and oxygen atoms in total. The number of ether oxygens (including phenoxy) is 2. The largest absolute Gasteiger partial charge is 0.493 e. The van der Waals surface area contributed by atoms with Crippen molar-refractivity contribution < 1.29 is 14.6 Å². The van der Waals surface area contributed by atoms with Crippen molar-refractivity contribution in [1.29, 1.82) is 0 Å². The monoisotopic (exact) mass is 338 g/mol. The van der Waals surface area contributed by atoms with E-state index in [1.165, 1.54) is 4.57 Å². The van der Waals surface area contributed by atoms with Crippen molar-refractivity contribution in [1.82, 2.24) is 9.55 Å². The van der Waals surface area contributed by atoms with Crippen LogP contribution >= 0.6 is 0 Å². The second kappa shape index (κ2) is 6.22. The van der Waals surface area contributed by atoms with Gasteiger partial charge in [-0.25, -0.2) is 4.98 Å². The Morgan fingerprint density at radius 2 is 2.04 bits per heavy atom.